The molecule has 0 aliphatic carbocycles. The highest BCUT2D eigenvalue weighted by Crippen LogP contribution is 2.29. The third-order valence-electron chi connectivity index (χ3n) is 3.42. The van der Waals surface area contributed by atoms with Crippen LogP contribution < -0.4 is 0 Å². The fourth-order valence-corrected chi connectivity index (χ4v) is 1.90. The standard InChI is InChI=1S/C16H26O5/c1-11(2)13(17)6-7-14(18)20-10-16(4,5)15-19-9-8-12(3)21-15/h12,15H,1,6-10H2,2-5H3. The van der Waals surface area contributed by atoms with Crippen molar-refractivity contribution in [1.29, 1.82) is 0 Å². The Bertz CT molecular complexity index is 399. The highest BCUT2D eigenvalue weighted by molar-refractivity contribution is 5.95. The van der Waals surface area contributed by atoms with Gasteiger partial charge in [0.25, 0.3) is 0 Å². The third-order valence-corrected chi connectivity index (χ3v) is 3.42. The molecule has 1 saturated heterocycles. The fraction of sp³-hybridized carbons (Fsp3) is 0.750. The molecular weight excluding hydrogens is 272 g/mol. The highest BCUT2D eigenvalue weighted by atomic mass is 16.7. The van der Waals surface area contributed by atoms with E-state index in [4.69, 9.17) is 14.2 Å². The molecular formula is C16H26O5. The summed E-state index contributed by atoms with van der Waals surface area (Å²) in [7, 11) is 0. The molecule has 5 heteroatoms. The van der Waals surface area contributed by atoms with Crippen molar-refractivity contribution in [2.75, 3.05) is 13.2 Å². The highest BCUT2D eigenvalue weighted by Gasteiger charge is 2.36. The molecule has 5 nitrogen and oxygen atoms in total. The van der Waals surface area contributed by atoms with E-state index in [0.717, 1.165) is 6.42 Å². The quantitative estimate of drug-likeness (QED) is 0.534. The molecule has 1 fully saturated rings. The number of carbonyl (C=O) groups excluding carboxylic acids is 2. The van der Waals surface area contributed by atoms with Crippen LogP contribution in [0.2, 0.25) is 0 Å². The van der Waals surface area contributed by atoms with Gasteiger partial charge in [0.15, 0.2) is 12.1 Å². The summed E-state index contributed by atoms with van der Waals surface area (Å²) >= 11 is 0. The number of hydrogen-bond acceptors (Lipinski definition) is 5. The van der Waals surface area contributed by atoms with E-state index in [9.17, 15) is 9.59 Å². The molecule has 0 aromatic heterocycles. The monoisotopic (exact) mass is 298 g/mol. The third kappa shape index (κ3) is 5.98. The second kappa shape index (κ2) is 7.71. The summed E-state index contributed by atoms with van der Waals surface area (Å²) in [5.41, 5.74) is 0.0315. The molecule has 120 valence electrons. The fourth-order valence-electron chi connectivity index (χ4n) is 1.90. The average molecular weight is 298 g/mol. The van der Waals surface area contributed by atoms with Crippen LogP contribution in [0.15, 0.2) is 12.2 Å². The Hall–Kier alpha value is -1.20. The predicted molar refractivity (Wildman–Crippen MR) is 78.7 cm³/mol. The molecule has 0 bridgehead atoms. The molecule has 2 unspecified atom stereocenters. The summed E-state index contributed by atoms with van der Waals surface area (Å²) in [6, 6.07) is 0. The van der Waals surface area contributed by atoms with Gasteiger partial charge >= 0.3 is 5.97 Å². The van der Waals surface area contributed by atoms with E-state index in [2.05, 4.69) is 6.58 Å². The Morgan fingerprint density at radius 3 is 2.57 bits per heavy atom. The van der Waals surface area contributed by atoms with Crippen LogP contribution in [0.4, 0.5) is 0 Å². The number of Topliss-reactive ketones (excluding diaryl/α,β-unsaturated/α-hetero) is 1. The number of hydrogen-bond donors (Lipinski definition) is 0. The summed E-state index contributed by atoms with van der Waals surface area (Å²) in [6.45, 7) is 11.9. The lowest BCUT2D eigenvalue weighted by Gasteiger charge is -2.38. The van der Waals surface area contributed by atoms with Crippen molar-refractivity contribution in [3.63, 3.8) is 0 Å². The van der Waals surface area contributed by atoms with Gasteiger partial charge in [-0.2, -0.15) is 0 Å². The number of ether oxygens (including phenoxy) is 3. The molecule has 1 aliphatic heterocycles. The Morgan fingerprint density at radius 2 is 2.00 bits per heavy atom. The van der Waals surface area contributed by atoms with Gasteiger partial charge in [0.2, 0.25) is 0 Å². The van der Waals surface area contributed by atoms with E-state index in [1.165, 1.54) is 0 Å². The molecule has 0 saturated carbocycles. The SMILES string of the molecule is C=C(C)C(=O)CCC(=O)OCC(C)(C)C1OCCC(C)O1. The van der Waals surface area contributed by atoms with Crippen LogP contribution in [0.25, 0.3) is 0 Å². The number of carbonyl (C=O) groups is 2. The molecule has 0 aromatic carbocycles. The van der Waals surface area contributed by atoms with E-state index in [1.54, 1.807) is 6.92 Å². The van der Waals surface area contributed by atoms with Crippen molar-refractivity contribution < 1.29 is 23.8 Å². The molecule has 1 aliphatic rings. The van der Waals surface area contributed by atoms with E-state index in [1.807, 2.05) is 20.8 Å². The number of rotatable bonds is 7. The predicted octanol–water partition coefficient (Wildman–Crippen LogP) is 2.63. The maximum Gasteiger partial charge on any atom is 0.306 e. The van der Waals surface area contributed by atoms with Crippen LogP contribution in [0.1, 0.15) is 47.0 Å². The van der Waals surface area contributed by atoms with Crippen molar-refractivity contribution in [3.05, 3.63) is 12.2 Å². The number of esters is 1. The summed E-state index contributed by atoms with van der Waals surface area (Å²) in [5, 5.41) is 0. The molecule has 0 aromatic rings. The molecule has 1 rings (SSSR count). The first-order valence-electron chi connectivity index (χ1n) is 7.34. The minimum Gasteiger partial charge on any atom is -0.465 e. The van der Waals surface area contributed by atoms with Crippen molar-refractivity contribution >= 4 is 11.8 Å². The minimum atomic E-state index is -0.428. The zero-order valence-electron chi connectivity index (χ0n) is 13.4. The average Bonchev–Trinajstić information content (AvgIpc) is 2.42. The summed E-state index contributed by atoms with van der Waals surface area (Å²) < 4.78 is 16.6. The van der Waals surface area contributed by atoms with Crippen LogP contribution in [-0.4, -0.2) is 37.4 Å². The van der Waals surface area contributed by atoms with Crippen LogP contribution in [0.3, 0.4) is 0 Å². The van der Waals surface area contributed by atoms with Gasteiger partial charge in [-0.25, -0.2) is 0 Å². The minimum absolute atomic E-state index is 0.0740. The molecule has 0 amide bonds. The lowest BCUT2D eigenvalue weighted by atomic mass is 9.93. The first kappa shape index (κ1) is 17.9. The first-order valence-corrected chi connectivity index (χ1v) is 7.34. The maximum atomic E-state index is 11.7. The van der Waals surface area contributed by atoms with E-state index in [-0.39, 0.29) is 43.6 Å². The lowest BCUT2D eigenvalue weighted by Crippen LogP contribution is -2.44. The van der Waals surface area contributed by atoms with E-state index in [0.29, 0.717) is 12.2 Å². The van der Waals surface area contributed by atoms with Crippen molar-refractivity contribution in [2.45, 2.75) is 59.4 Å². The number of allylic oxidation sites excluding steroid dienone is 1. The van der Waals surface area contributed by atoms with Gasteiger partial charge in [0, 0.05) is 11.8 Å². The first-order chi connectivity index (χ1) is 9.72. The Morgan fingerprint density at radius 1 is 1.33 bits per heavy atom. The molecule has 21 heavy (non-hydrogen) atoms. The van der Waals surface area contributed by atoms with Gasteiger partial charge in [0.05, 0.1) is 19.1 Å². The van der Waals surface area contributed by atoms with E-state index >= 15 is 0 Å². The lowest BCUT2D eigenvalue weighted by molar-refractivity contribution is -0.259. The Labute approximate surface area is 126 Å². The summed E-state index contributed by atoms with van der Waals surface area (Å²) in [5.74, 6) is -0.500. The van der Waals surface area contributed by atoms with Crippen LogP contribution in [0, 0.1) is 5.41 Å². The van der Waals surface area contributed by atoms with Gasteiger partial charge in [-0.1, -0.05) is 20.4 Å². The molecule has 0 spiro atoms. The Balaban J connectivity index is 2.36. The van der Waals surface area contributed by atoms with Crippen LogP contribution >= 0.6 is 0 Å². The van der Waals surface area contributed by atoms with Gasteiger partial charge in [-0.3, -0.25) is 9.59 Å². The van der Waals surface area contributed by atoms with Crippen LogP contribution in [-0.2, 0) is 23.8 Å². The molecule has 1 heterocycles. The van der Waals surface area contributed by atoms with Gasteiger partial charge < -0.3 is 14.2 Å². The summed E-state index contributed by atoms with van der Waals surface area (Å²) in [4.78, 5) is 23.1. The van der Waals surface area contributed by atoms with Crippen molar-refractivity contribution in [3.8, 4) is 0 Å². The summed E-state index contributed by atoms with van der Waals surface area (Å²) in [6.07, 6.45) is 0.847. The number of ketones is 1. The van der Waals surface area contributed by atoms with E-state index < -0.39 is 5.41 Å². The second-order valence-corrected chi connectivity index (χ2v) is 6.29. The zero-order chi connectivity index (χ0) is 16.0. The van der Waals surface area contributed by atoms with Gasteiger partial charge in [0.1, 0.15) is 6.61 Å². The zero-order valence-corrected chi connectivity index (χ0v) is 13.4. The van der Waals surface area contributed by atoms with Gasteiger partial charge in [-0.15, -0.1) is 0 Å². The molecule has 0 N–H and O–H groups in total. The van der Waals surface area contributed by atoms with Crippen LogP contribution in [0.5, 0.6) is 0 Å². The molecule has 0 radical (unpaired) electrons. The molecule has 2 atom stereocenters. The largest absolute Gasteiger partial charge is 0.465 e. The van der Waals surface area contributed by atoms with Crippen molar-refractivity contribution in [1.82, 2.24) is 0 Å². The topological polar surface area (TPSA) is 61.8 Å². The van der Waals surface area contributed by atoms with Gasteiger partial charge in [-0.05, 0) is 25.8 Å². The smallest absolute Gasteiger partial charge is 0.306 e. The maximum absolute atomic E-state index is 11.7. The second-order valence-electron chi connectivity index (χ2n) is 6.29. The van der Waals surface area contributed by atoms with Crippen molar-refractivity contribution in [2.24, 2.45) is 5.41 Å². The normalized spacial score (nSPS) is 22.7. The Kier molecular flexibility index (Phi) is 6.55.